The summed E-state index contributed by atoms with van der Waals surface area (Å²) in [7, 11) is 2.17. The van der Waals surface area contributed by atoms with Gasteiger partial charge in [-0.15, -0.1) is 0 Å². The van der Waals surface area contributed by atoms with Gasteiger partial charge in [0.1, 0.15) is 17.9 Å². The van der Waals surface area contributed by atoms with E-state index in [0.717, 1.165) is 52.1 Å². The number of likely N-dealkylation sites (tertiary alicyclic amines) is 1. The Kier molecular flexibility index (Phi) is 8.05. The van der Waals surface area contributed by atoms with Gasteiger partial charge in [0.05, 0.1) is 12.1 Å². The van der Waals surface area contributed by atoms with Crippen molar-refractivity contribution in [2.45, 2.75) is 19.8 Å². The minimum Gasteiger partial charge on any atom is -0.493 e. The Bertz CT molecular complexity index is 1420. The second kappa shape index (κ2) is 11.8. The Labute approximate surface area is 230 Å². The zero-order chi connectivity index (χ0) is 26.5. The summed E-state index contributed by atoms with van der Waals surface area (Å²) in [6.45, 7) is 4.99. The first kappa shape index (κ1) is 25.9. The van der Waals surface area contributed by atoms with E-state index in [1.807, 2.05) is 67.6 Å². The lowest BCUT2D eigenvalue weighted by atomic mass is 9.98. The number of rotatable bonds is 7. The summed E-state index contributed by atoms with van der Waals surface area (Å²) in [5, 5.41) is 9.96. The number of amides is 2. The lowest BCUT2D eigenvalue weighted by Gasteiger charge is -2.28. The first-order valence-electron chi connectivity index (χ1n) is 12.7. The van der Waals surface area contributed by atoms with Crippen LogP contribution >= 0.6 is 15.9 Å². The summed E-state index contributed by atoms with van der Waals surface area (Å²) in [5.74, 6) is 2.13. The molecule has 3 N–H and O–H groups in total. The van der Waals surface area contributed by atoms with Gasteiger partial charge in [-0.25, -0.2) is 14.8 Å². The van der Waals surface area contributed by atoms with Crippen LogP contribution in [-0.4, -0.2) is 47.6 Å². The first-order chi connectivity index (χ1) is 18.4. The molecule has 0 bridgehead atoms. The van der Waals surface area contributed by atoms with Gasteiger partial charge in [-0.2, -0.15) is 0 Å². The van der Waals surface area contributed by atoms with Gasteiger partial charge in [-0.3, -0.25) is 0 Å². The Morgan fingerprint density at radius 2 is 1.68 bits per heavy atom. The maximum absolute atomic E-state index is 12.4. The predicted octanol–water partition coefficient (Wildman–Crippen LogP) is 6.81. The van der Waals surface area contributed by atoms with Crippen LogP contribution in [0.2, 0.25) is 0 Å². The quantitative estimate of drug-likeness (QED) is 0.224. The molecule has 0 radical (unpaired) electrons. The lowest BCUT2D eigenvalue weighted by molar-refractivity contribution is 0.160. The smallest absolute Gasteiger partial charge is 0.323 e. The number of carbonyl (C=O) groups excluding carboxylic acids is 1. The summed E-state index contributed by atoms with van der Waals surface area (Å²) in [4.78, 5) is 23.6. The molecule has 196 valence electrons. The lowest BCUT2D eigenvalue weighted by Crippen LogP contribution is -2.32. The van der Waals surface area contributed by atoms with Crippen molar-refractivity contribution < 1.29 is 9.53 Å². The van der Waals surface area contributed by atoms with E-state index >= 15 is 0 Å². The van der Waals surface area contributed by atoms with Crippen LogP contribution in [-0.2, 0) is 0 Å². The first-order valence-corrected chi connectivity index (χ1v) is 13.5. The maximum Gasteiger partial charge on any atom is 0.323 e. The zero-order valence-electron chi connectivity index (χ0n) is 21.5. The van der Waals surface area contributed by atoms with Crippen molar-refractivity contribution in [1.82, 2.24) is 14.9 Å². The summed E-state index contributed by atoms with van der Waals surface area (Å²) in [6.07, 6.45) is 3.89. The standard InChI is InChI=1S/C29H31BrN6O2/c1-19-3-4-23(15-26(19)30)35-29(37)34-22-7-5-21(6-8-22)33-28-25-10-9-24(16-27(25)31-18-32-28)38-17-20-11-13-36(2)14-12-20/h3-10,15-16,18,20H,11-14,17H2,1-2H3,(H,31,32,33)(H2,34,35,37). The van der Waals surface area contributed by atoms with Crippen LogP contribution in [0.4, 0.5) is 27.7 Å². The average molecular weight is 576 g/mol. The molecule has 0 unspecified atom stereocenters. The molecule has 8 nitrogen and oxygen atoms in total. The molecule has 1 aliphatic heterocycles. The Morgan fingerprint density at radius 1 is 0.974 bits per heavy atom. The van der Waals surface area contributed by atoms with Gasteiger partial charge in [-0.05, 0) is 99.9 Å². The molecule has 5 rings (SSSR count). The van der Waals surface area contributed by atoms with Crippen molar-refractivity contribution in [3.63, 3.8) is 0 Å². The number of ether oxygens (including phenoxy) is 1. The number of aryl methyl sites for hydroxylation is 1. The van der Waals surface area contributed by atoms with Crippen LogP contribution in [0, 0.1) is 12.8 Å². The minimum atomic E-state index is -0.308. The van der Waals surface area contributed by atoms with Crippen LogP contribution in [0.1, 0.15) is 18.4 Å². The number of hydrogen-bond donors (Lipinski definition) is 3. The SMILES string of the molecule is Cc1ccc(NC(=O)Nc2ccc(Nc3ncnc4cc(OCC5CCN(C)CC5)ccc34)cc2)cc1Br. The van der Waals surface area contributed by atoms with Crippen molar-refractivity contribution in [2.24, 2.45) is 5.92 Å². The van der Waals surface area contributed by atoms with E-state index in [9.17, 15) is 4.79 Å². The Balaban J connectivity index is 1.19. The highest BCUT2D eigenvalue weighted by molar-refractivity contribution is 9.10. The summed E-state index contributed by atoms with van der Waals surface area (Å²) < 4.78 is 7.04. The van der Waals surface area contributed by atoms with Crippen molar-refractivity contribution in [3.8, 4) is 5.75 Å². The highest BCUT2D eigenvalue weighted by Crippen LogP contribution is 2.28. The Morgan fingerprint density at radius 3 is 2.45 bits per heavy atom. The van der Waals surface area contributed by atoms with E-state index in [4.69, 9.17) is 4.74 Å². The number of halogens is 1. The van der Waals surface area contributed by atoms with E-state index in [-0.39, 0.29) is 6.03 Å². The number of hydrogen-bond acceptors (Lipinski definition) is 6. The molecule has 4 aromatic rings. The fourth-order valence-corrected chi connectivity index (χ4v) is 4.79. The molecular weight excluding hydrogens is 544 g/mol. The number of fused-ring (bicyclic) bond motifs is 1. The van der Waals surface area contributed by atoms with Crippen LogP contribution < -0.4 is 20.7 Å². The fraction of sp³-hybridized carbons (Fsp3) is 0.276. The monoisotopic (exact) mass is 574 g/mol. The van der Waals surface area contributed by atoms with E-state index in [1.54, 1.807) is 6.33 Å². The maximum atomic E-state index is 12.4. The number of benzene rings is 3. The van der Waals surface area contributed by atoms with Gasteiger partial charge in [-0.1, -0.05) is 22.0 Å². The van der Waals surface area contributed by atoms with Gasteiger partial charge < -0.3 is 25.6 Å². The zero-order valence-corrected chi connectivity index (χ0v) is 23.1. The largest absolute Gasteiger partial charge is 0.493 e. The van der Waals surface area contributed by atoms with Crippen LogP contribution in [0.5, 0.6) is 5.75 Å². The van der Waals surface area contributed by atoms with Crippen LogP contribution in [0.15, 0.2) is 71.5 Å². The molecule has 9 heteroatoms. The number of aromatic nitrogens is 2. The van der Waals surface area contributed by atoms with Crippen molar-refractivity contribution >= 4 is 55.7 Å². The Hall–Kier alpha value is -3.69. The normalized spacial score (nSPS) is 14.3. The molecule has 2 amide bonds. The van der Waals surface area contributed by atoms with Gasteiger partial charge in [0.2, 0.25) is 0 Å². The van der Waals surface area contributed by atoms with Gasteiger partial charge in [0.15, 0.2) is 0 Å². The summed E-state index contributed by atoms with van der Waals surface area (Å²) >= 11 is 3.48. The molecule has 0 saturated carbocycles. The number of nitrogens with zero attached hydrogens (tertiary/aromatic N) is 3. The van der Waals surface area contributed by atoms with Crippen LogP contribution in [0.3, 0.4) is 0 Å². The van der Waals surface area contributed by atoms with Gasteiger partial charge in [0.25, 0.3) is 0 Å². The summed E-state index contributed by atoms with van der Waals surface area (Å²) in [5.41, 5.74) is 4.16. The number of piperidine rings is 1. The third-order valence-corrected chi connectivity index (χ3v) is 7.62. The second-order valence-electron chi connectivity index (χ2n) is 9.70. The molecule has 0 atom stereocenters. The van der Waals surface area contributed by atoms with E-state index in [0.29, 0.717) is 23.1 Å². The van der Waals surface area contributed by atoms with Crippen LogP contribution in [0.25, 0.3) is 10.9 Å². The third-order valence-electron chi connectivity index (χ3n) is 6.77. The van der Waals surface area contributed by atoms with Gasteiger partial charge >= 0.3 is 6.03 Å². The number of urea groups is 1. The van der Waals surface area contributed by atoms with Gasteiger partial charge in [0, 0.05) is 33.0 Å². The average Bonchev–Trinajstić information content (AvgIpc) is 2.91. The summed E-state index contributed by atoms with van der Waals surface area (Å²) in [6, 6.07) is 18.8. The third kappa shape index (κ3) is 6.59. The molecular formula is C29H31BrN6O2. The molecule has 1 aromatic heterocycles. The molecule has 1 aliphatic rings. The highest BCUT2D eigenvalue weighted by atomic mass is 79.9. The minimum absolute atomic E-state index is 0.308. The fourth-order valence-electron chi connectivity index (χ4n) is 4.41. The molecule has 2 heterocycles. The molecule has 0 aliphatic carbocycles. The molecule has 3 aromatic carbocycles. The number of nitrogens with one attached hydrogen (secondary N) is 3. The van der Waals surface area contributed by atoms with E-state index < -0.39 is 0 Å². The van der Waals surface area contributed by atoms with Crippen molar-refractivity contribution in [3.05, 3.63) is 77.0 Å². The molecule has 38 heavy (non-hydrogen) atoms. The van der Waals surface area contributed by atoms with Crippen molar-refractivity contribution in [1.29, 1.82) is 0 Å². The van der Waals surface area contributed by atoms with E-state index in [2.05, 4.69) is 53.8 Å². The molecule has 1 fully saturated rings. The predicted molar refractivity (Wildman–Crippen MR) is 156 cm³/mol. The molecule has 1 saturated heterocycles. The topological polar surface area (TPSA) is 91.4 Å². The second-order valence-corrected chi connectivity index (χ2v) is 10.6. The highest BCUT2D eigenvalue weighted by Gasteiger charge is 2.17. The number of anilines is 4. The number of carbonyl (C=O) groups is 1. The van der Waals surface area contributed by atoms with E-state index in [1.165, 1.54) is 12.8 Å². The molecule has 0 spiro atoms. The van der Waals surface area contributed by atoms with Crippen molar-refractivity contribution in [2.75, 3.05) is 42.7 Å².